The molecule has 0 spiro atoms. The fraction of sp³-hybridized carbons (Fsp3) is 0.938. The maximum absolute atomic E-state index is 5.54. The standard InChI is InChI=1S/C16H33N3O.HI/c1-3-5-13-20-14-7-12-19-16(17-4-2)18-11-6-8-15-9-10-15;/h15H,3-14H2,1-2H3,(H2,17,18,19);1H. The van der Waals surface area contributed by atoms with Gasteiger partial charge in [-0.1, -0.05) is 26.2 Å². The van der Waals surface area contributed by atoms with Gasteiger partial charge in [-0.3, -0.25) is 4.99 Å². The van der Waals surface area contributed by atoms with Gasteiger partial charge < -0.3 is 15.4 Å². The molecular formula is C16H34IN3O. The average molecular weight is 411 g/mol. The number of unbranched alkanes of at least 4 members (excludes halogenated alkanes) is 1. The highest BCUT2D eigenvalue weighted by molar-refractivity contribution is 14.0. The Morgan fingerprint density at radius 3 is 2.52 bits per heavy atom. The molecule has 1 saturated carbocycles. The molecule has 0 aliphatic heterocycles. The van der Waals surface area contributed by atoms with Crippen LogP contribution in [0.3, 0.4) is 0 Å². The molecule has 21 heavy (non-hydrogen) atoms. The van der Waals surface area contributed by atoms with Crippen molar-refractivity contribution in [3.05, 3.63) is 0 Å². The van der Waals surface area contributed by atoms with E-state index in [0.29, 0.717) is 0 Å². The van der Waals surface area contributed by atoms with E-state index in [1.165, 1.54) is 32.1 Å². The number of rotatable bonds is 12. The summed E-state index contributed by atoms with van der Waals surface area (Å²) in [6.07, 6.45) is 8.90. The first-order chi connectivity index (χ1) is 9.86. The fourth-order valence-electron chi connectivity index (χ4n) is 2.05. The second kappa shape index (κ2) is 14.9. The molecule has 0 atom stereocenters. The van der Waals surface area contributed by atoms with Crippen LogP contribution in [0.1, 0.15) is 58.8 Å². The summed E-state index contributed by atoms with van der Waals surface area (Å²) in [5.74, 6) is 1.98. The van der Waals surface area contributed by atoms with E-state index in [0.717, 1.165) is 57.6 Å². The lowest BCUT2D eigenvalue weighted by Gasteiger charge is -2.11. The summed E-state index contributed by atoms with van der Waals surface area (Å²) in [5, 5.41) is 6.71. The molecule has 1 rings (SSSR count). The van der Waals surface area contributed by atoms with Gasteiger partial charge in [-0.05, 0) is 38.5 Å². The monoisotopic (exact) mass is 411 g/mol. The Bertz CT molecular complexity index is 258. The summed E-state index contributed by atoms with van der Waals surface area (Å²) in [7, 11) is 0. The van der Waals surface area contributed by atoms with Crippen LogP contribution in [0, 0.1) is 5.92 Å². The van der Waals surface area contributed by atoms with Crippen LogP contribution in [0.5, 0.6) is 0 Å². The zero-order valence-electron chi connectivity index (χ0n) is 13.8. The normalized spacial score (nSPS) is 14.7. The van der Waals surface area contributed by atoms with E-state index >= 15 is 0 Å². The minimum absolute atomic E-state index is 0. The molecular weight excluding hydrogens is 377 g/mol. The first kappa shape index (κ1) is 21.0. The quantitative estimate of drug-likeness (QED) is 0.224. The summed E-state index contributed by atoms with van der Waals surface area (Å²) in [4.78, 5) is 4.58. The minimum Gasteiger partial charge on any atom is -0.381 e. The number of nitrogens with zero attached hydrogens (tertiary/aromatic N) is 1. The maximum atomic E-state index is 5.54. The number of guanidine groups is 1. The third-order valence-electron chi connectivity index (χ3n) is 3.48. The van der Waals surface area contributed by atoms with Gasteiger partial charge >= 0.3 is 0 Å². The predicted octanol–water partition coefficient (Wildman–Crippen LogP) is 3.56. The van der Waals surface area contributed by atoms with Gasteiger partial charge in [0.2, 0.25) is 0 Å². The van der Waals surface area contributed by atoms with Crippen LogP contribution in [-0.2, 0) is 4.74 Å². The Hall–Kier alpha value is -0.0400. The van der Waals surface area contributed by atoms with E-state index in [4.69, 9.17) is 4.74 Å². The number of ether oxygens (including phenoxy) is 1. The highest BCUT2D eigenvalue weighted by Crippen LogP contribution is 2.33. The first-order valence-corrected chi connectivity index (χ1v) is 8.46. The van der Waals surface area contributed by atoms with E-state index in [9.17, 15) is 0 Å². The van der Waals surface area contributed by atoms with Crippen molar-refractivity contribution in [1.82, 2.24) is 10.6 Å². The zero-order chi connectivity index (χ0) is 14.5. The molecule has 5 heteroatoms. The molecule has 0 aromatic rings. The van der Waals surface area contributed by atoms with E-state index in [1.807, 2.05) is 0 Å². The van der Waals surface area contributed by atoms with Crippen LogP contribution in [0.2, 0.25) is 0 Å². The van der Waals surface area contributed by atoms with Gasteiger partial charge in [-0.25, -0.2) is 0 Å². The zero-order valence-corrected chi connectivity index (χ0v) is 16.2. The number of aliphatic imine (C=N–C) groups is 1. The van der Waals surface area contributed by atoms with Crippen LogP contribution < -0.4 is 10.6 Å². The smallest absolute Gasteiger partial charge is 0.191 e. The van der Waals surface area contributed by atoms with Crippen LogP contribution in [0.25, 0.3) is 0 Å². The van der Waals surface area contributed by atoms with E-state index < -0.39 is 0 Å². The van der Waals surface area contributed by atoms with Crippen molar-refractivity contribution in [2.75, 3.05) is 32.8 Å². The lowest BCUT2D eigenvalue weighted by atomic mass is 10.2. The summed E-state index contributed by atoms with van der Waals surface area (Å²) in [5.41, 5.74) is 0. The van der Waals surface area contributed by atoms with Crippen molar-refractivity contribution in [2.45, 2.75) is 58.8 Å². The number of hydrogen-bond acceptors (Lipinski definition) is 2. The third kappa shape index (κ3) is 13.4. The third-order valence-corrected chi connectivity index (χ3v) is 3.48. The molecule has 0 unspecified atom stereocenters. The van der Waals surface area contributed by atoms with Crippen LogP contribution in [0.4, 0.5) is 0 Å². The van der Waals surface area contributed by atoms with Crippen LogP contribution >= 0.6 is 24.0 Å². The Kier molecular flexibility index (Phi) is 14.9. The summed E-state index contributed by atoms with van der Waals surface area (Å²) in [6, 6.07) is 0. The Labute approximate surface area is 147 Å². The van der Waals surface area contributed by atoms with Crippen molar-refractivity contribution >= 4 is 29.9 Å². The van der Waals surface area contributed by atoms with Crippen molar-refractivity contribution < 1.29 is 4.74 Å². The first-order valence-electron chi connectivity index (χ1n) is 8.46. The second-order valence-electron chi connectivity index (χ2n) is 5.59. The van der Waals surface area contributed by atoms with Gasteiger partial charge in [0.25, 0.3) is 0 Å². The van der Waals surface area contributed by atoms with Crippen molar-refractivity contribution in [1.29, 1.82) is 0 Å². The van der Waals surface area contributed by atoms with E-state index in [-0.39, 0.29) is 24.0 Å². The highest BCUT2D eigenvalue weighted by atomic mass is 127. The van der Waals surface area contributed by atoms with Crippen molar-refractivity contribution in [2.24, 2.45) is 10.9 Å². The average Bonchev–Trinajstić information content (AvgIpc) is 3.26. The fourth-order valence-corrected chi connectivity index (χ4v) is 2.05. The molecule has 126 valence electrons. The Morgan fingerprint density at radius 1 is 1.10 bits per heavy atom. The Morgan fingerprint density at radius 2 is 1.86 bits per heavy atom. The van der Waals surface area contributed by atoms with Gasteiger partial charge in [0.1, 0.15) is 0 Å². The lowest BCUT2D eigenvalue weighted by molar-refractivity contribution is 0.130. The molecule has 0 aromatic heterocycles. The molecule has 0 radical (unpaired) electrons. The molecule has 0 aromatic carbocycles. The van der Waals surface area contributed by atoms with Gasteiger partial charge in [-0.2, -0.15) is 0 Å². The topological polar surface area (TPSA) is 45.6 Å². The molecule has 1 fully saturated rings. The molecule has 2 N–H and O–H groups in total. The Balaban J connectivity index is 0.00000400. The SMILES string of the molecule is CCCCOCCCN=C(NCC)NCCCC1CC1.I. The summed E-state index contributed by atoms with van der Waals surface area (Å²) < 4.78 is 5.54. The molecule has 1 aliphatic carbocycles. The molecule has 0 bridgehead atoms. The van der Waals surface area contributed by atoms with Gasteiger partial charge in [0.05, 0.1) is 0 Å². The minimum atomic E-state index is 0. The van der Waals surface area contributed by atoms with Crippen LogP contribution in [0.15, 0.2) is 4.99 Å². The van der Waals surface area contributed by atoms with Crippen molar-refractivity contribution in [3.63, 3.8) is 0 Å². The second-order valence-corrected chi connectivity index (χ2v) is 5.59. The molecule has 1 aliphatic rings. The number of hydrogen-bond donors (Lipinski definition) is 2. The van der Waals surface area contributed by atoms with Gasteiger partial charge in [0.15, 0.2) is 5.96 Å². The molecule has 0 saturated heterocycles. The molecule has 0 amide bonds. The summed E-state index contributed by atoms with van der Waals surface area (Å²) in [6.45, 7) is 8.80. The maximum Gasteiger partial charge on any atom is 0.191 e. The molecule has 4 nitrogen and oxygen atoms in total. The summed E-state index contributed by atoms with van der Waals surface area (Å²) >= 11 is 0. The van der Waals surface area contributed by atoms with Gasteiger partial charge in [-0.15, -0.1) is 24.0 Å². The predicted molar refractivity (Wildman–Crippen MR) is 102 cm³/mol. The van der Waals surface area contributed by atoms with Gasteiger partial charge in [0, 0.05) is 32.8 Å². The lowest BCUT2D eigenvalue weighted by Crippen LogP contribution is -2.37. The largest absolute Gasteiger partial charge is 0.381 e. The number of nitrogens with one attached hydrogen (secondary N) is 2. The van der Waals surface area contributed by atoms with Crippen molar-refractivity contribution in [3.8, 4) is 0 Å². The van der Waals surface area contributed by atoms with E-state index in [2.05, 4.69) is 29.5 Å². The highest BCUT2D eigenvalue weighted by Gasteiger charge is 2.19. The van der Waals surface area contributed by atoms with Crippen LogP contribution in [-0.4, -0.2) is 38.8 Å². The molecule has 0 heterocycles. The van der Waals surface area contributed by atoms with E-state index in [1.54, 1.807) is 0 Å². The number of halogens is 1.